The standard InChI is InChI=1S/C27H20BrFN2O4S/c28-21-8-12-23(13-9-21)31-26(32)16-25(27(31)33)30(17-18-5-10-22(29)11-6-18)36(34,35)24-14-7-19-3-1-2-4-20(19)15-24/h1-15,25H,16-17H2. The van der Waals surface area contributed by atoms with Crippen molar-refractivity contribution in [1.82, 2.24) is 4.31 Å². The van der Waals surface area contributed by atoms with Gasteiger partial charge in [-0.2, -0.15) is 4.31 Å². The van der Waals surface area contributed by atoms with E-state index in [1.807, 2.05) is 18.2 Å². The summed E-state index contributed by atoms with van der Waals surface area (Å²) in [5.41, 5.74) is 0.851. The molecule has 4 aromatic rings. The van der Waals surface area contributed by atoms with Crippen LogP contribution in [0.2, 0.25) is 0 Å². The highest BCUT2D eigenvalue weighted by Crippen LogP contribution is 2.32. The van der Waals surface area contributed by atoms with Crippen molar-refractivity contribution >= 4 is 54.2 Å². The molecule has 36 heavy (non-hydrogen) atoms. The van der Waals surface area contributed by atoms with Crippen molar-refractivity contribution in [3.63, 3.8) is 0 Å². The van der Waals surface area contributed by atoms with Gasteiger partial charge in [-0.25, -0.2) is 17.7 Å². The third kappa shape index (κ3) is 4.57. The van der Waals surface area contributed by atoms with Crippen molar-refractivity contribution in [2.24, 2.45) is 0 Å². The summed E-state index contributed by atoms with van der Waals surface area (Å²) in [5, 5.41) is 1.60. The van der Waals surface area contributed by atoms with Crippen molar-refractivity contribution in [3.8, 4) is 0 Å². The minimum atomic E-state index is -4.22. The SMILES string of the molecule is O=C1CC(N(Cc2ccc(F)cc2)S(=O)(=O)c2ccc3ccccc3c2)C(=O)N1c1ccc(Br)cc1. The van der Waals surface area contributed by atoms with Crippen LogP contribution < -0.4 is 4.90 Å². The highest BCUT2D eigenvalue weighted by atomic mass is 79.9. The van der Waals surface area contributed by atoms with Crippen molar-refractivity contribution in [2.75, 3.05) is 4.90 Å². The molecule has 6 nitrogen and oxygen atoms in total. The Hall–Kier alpha value is -3.40. The molecule has 0 aromatic heterocycles. The van der Waals surface area contributed by atoms with Crippen molar-refractivity contribution in [2.45, 2.75) is 23.9 Å². The van der Waals surface area contributed by atoms with E-state index in [1.54, 1.807) is 42.5 Å². The Balaban J connectivity index is 1.57. The lowest BCUT2D eigenvalue weighted by Gasteiger charge is -2.27. The molecule has 0 aliphatic carbocycles. The Labute approximate surface area is 216 Å². The Kier molecular flexibility index (Phi) is 6.46. The highest BCUT2D eigenvalue weighted by molar-refractivity contribution is 9.10. The number of carbonyl (C=O) groups is 2. The summed E-state index contributed by atoms with van der Waals surface area (Å²) >= 11 is 3.33. The summed E-state index contributed by atoms with van der Waals surface area (Å²) in [4.78, 5) is 27.5. The van der Waals surface area contributed by atoms with Gasteiger partial charge in [0, 0.05) is 11.0 Å². The summed E-state index contributed by atoms with van der Waals surface area (Å²) in [5.74, 6) is -1.59. The second kappa shape index (κ2) is 9.57. The van der Waals surface area contributed by atoms with E-state index in [0.29, 0.717) is 11.3 Å². The van der Waals surface area contributed by atoms with Crippen LogP contribution in [0.1, 0.15) is 12.0 Å². The molecule has 1 aliphatic heterocycles. The molecule has 0 spiro atoms. The predicted octanol–water partition coefficient (Wildman–Crippen LogP) is 5.26. The van der Waals surface area contributed by atoms with Gasteiger partial charge in [0.2, 0.25) is 15.9 Å². The number of amides is 2. The average molecular weight is 567 g/mol. The zero-order chi connectivity index (χ0) is 25.4. The van der Waals surface area contributed by atoms with Gasteiger partial charge < -0.3 is 0 Å². The molecule has 0 radical (unpaired) electrons. The van der Waals surface area contributed by atoms with Gasteiger partial charge in [-0.1, -0.05) is 58.4 Å². The Morgan fingerprint density at radius 1 is 0.889 bits per heavy atom. The van der Waals surface area contributed by atoms with Gasteiger partial charge in [-0.15, -0.1) is 0 Å². The van der Waals surface area contributed by atoms with E-state index in [9.17, 15) is 22.4 Å². The normalized spacial score (nSPS) is 16.3. The molecule has 2 amide bonds. The number of benzene rings is 4. The summed E-state index contributed by atoms with van der Waals surface area (Å²) in [6.45, 7) is -0.201. The molecule has 1 heterocycles. The van der Waals surface area contributed by atoms with Crippen LogP contribution in [-0.2, 0) is 26.2 Å². The maximum Gasteiger partial charge on any atom is 0.252 e. The molecule has 1 unspecified atom stereocenters. The number of anilines is 1. The number of carbonyl (C=O) groups excluding carboxylic acids is 2. The van der Waals surface area contributed by atoms with Crippen molar-refractivity contribution in [1.29, 1.82) is 0 Å². The molecule has 9 heteroatoms. The predicted molar refractivity (Wildman–Crippen MR) is 138 cm³/mol. The highest BCUT2D eigenvalue weighted by Gasteiger charge is 2.47. The fourth-order valence-corrected chi connectivity index (χ4v) is 6.17. The molecule has 0 saturated carbocycles. The molecule has 182 valence electrons. The monoisotopic (exact) mass is 566 g/mol. The maximum atomic E-state index is 13.9. The molecule has 0 N–H and O–H groups in total. The number of sulfonamides is 1. The van der Waals surface area contributed by atoms with E-state index in [4.69, 9.17) is 0 Å². The lowest BCUT2D eigenvalue weighted by Crippen LogP contribution is -2.45. The molecule has 1 aliphatic rings. The maximum absolute atomic E-state index is 13.9. The first-order valence-electron chi connectivity index (χ1n) is 11.1. The molecular formula is C27H20BrFN2O4S. The number of nitrogens with zero attached hydrogens (tertiary/aromatic N) is 2. The van der Waals surface area contributed by atoms with Gasteiger partial charge in [0.25, 0.3) is 5.91 Å². The van der Waals surface area contributed by atoms with Gasteiger partial charge in [0.1, 0.15) is 11.9 Å². The first-order valence-corrected chi connectivity index (χ1v) is 13.3. The number of hydrogen-bond acceptors (Lipinski definition) is 4. The minimum Gasteiger partial charge on any atom is -0.274 e. The minimum absolute atomic E-state index is 0.00523. The van der Waals surface area contributed by atoms with Crippen LogP contribution in [0, 0.1) is 5.82 Å². The molecule has 0 bridgehead atoms. The third-order valence-electron chi connectivity index (χ3n) is 6.13. The van der Waals surface area contributed by atoms with Crippen LogP contribution in [-0.4, -0.2) is 30.6 Å². The van der Waals surface area contributed by atoms with Crippen LogP contribution in [0.3, 0.4) is 0 Å². The largest absolute Gasteiger partial charge is 0.274 e. The van der Waals surface area contributed by atoms with E-state index in [2.05, 4.69) is 15.9 Å². The van der Waals surface area contributed by atoms with Crippen LogP contribution >= 0.6 is 15.9 Å². The summed E-state index contributed by atoms with van der Waals surface area (Å²) < 4.78 is 43.2. The summed E-state index contributed by atoms with van der Waals surface area (Å²) in [7, 11) is -4.22. The second-order valence-corrected chi connectivity index (χ2v) is 11.3. The van der Waals surface area contributed by atoms with Gasteiger partial charge in [0.05, 0.1) is 17.0 Å². The number of fused-ring (bicyclic) bond motifs is 1. The van der Waals surface area contributed by atoms with Crippen LogP contribution in [0.4, 0.5) is 10.1 Å². The Bertz CT molecular complexity index is 1570. The van der Waals surface area contributed by atoms with Gasteiger partial charge >= 0.3 is 0 Å². The topological polar surface area (TPSA) is 74.8 Å². The van der Waals surface area contributed by atoms with E-state index in [0.717, 1.165) is 24.5 Å². The number of imide groups is 1. The smallest absolute Gasteiger partial charge is 0.252 e. The average Bonchev–Trinajstić information content (AvgIpc) is 3.17. The lowest BCUT2D eigenvalue weighted by atomic mass is 10.1. The lowest BCUT2D eigenvalue weighted by molar-refractivity contribution is -0.122. The van der Waals surface area contributed by atoms with Crippen LogP contribution in [0.25, 0.3) is 10.8 Å². The molecule has 5 rings (SSSR count). The second-order valence-electron chi connectivity index (χ2n) is 8.45. The fourth-order valence-electron chi connectivity index (χ4n) is 4.30. The van der Waals surface area contributed by atoms with Gasteiger partial charge in [-0.05, 0) is 64.9 Å². The molecule has 1 saturated heterocycles. The van der Waals surface area contributed by atoms with E-state index < -0.39 is 33.7 Å². The first-order chi connectivity index (χ1) is 17.2. The zero-order valence-corrected chi connectivity index (χ0v) is 21.2. The van der Waals surface area contributed by atoms with Gasteiger partial charge in [0.15, 0.2) is 0 Å². The van der Waals surface area contributed by atoms with Crippen LogP contribution in [0.5, 0.6) is 0 Å². The number of rotatable bonds is 6. The summed E-state index contributed by atoms with van der Waals surface area (Å²) in [6, 6.07) is 22.9. The van der Waals surface area contributed by atoms with E-state index >= 15 is 0 Å². The number of hydrogen-bond donors (Lipinski definition) is 0. The van der Waals surface area contributed by atoms with E-state index in [-0.39, 0.29) is 17.9 Å². The molecular weight excluding hydrogens is 547 g/mol. The summed E-state index contributed by atoms with van der Waals surface area (Å²) in [6.07, 6.45) is -0.303. The van der Waals surface area contributed by atoms with Gasteiger partial charge in [-0.3, -0.25) is 9.59 Å². The first kappa shape index (κ1) is 24.3. The Morgan fingerprint density at radius 3 is 2.25 bits per heavy atom. The number of halogens is 2. The fraction of sp³-hybridized carbons (Fsp3) is 0.111. The third-order valence-corrected chi connectivity index (χ3v) is 8.51. The molecule has 4 aromatic carbocycles. The quantitative estimate of drug-likeness (QED) is 0.298. The molecule has 1 atom stereocenters. The molecule has 1 fully saturated rings. The van der Waals surface area contributed by atoms with Crippen molar-refractivity contribution < 1.29 is 22.4 Å². The van der Waals surface area contributed by atoms with E-state index in [1.165, 1.54) is 30.3 Å². The van der Waals surface area contributed by atoms with Crippen molar-refractivity contribution in [3.05, 3.63) is 107 Å². The van der Waals surface area contributed by atoms with Crippen LogP contribution in [0.15, 0.2) is 100 Å². The Morgan fingerprint density at radius 2 is 1.56 bits per heavy atom. The zero-order valence-electron chi connectivity index (χ0n) is 18.8.